The number of aryl methyl sites for hydroxylation is 3. The molecule has 2 heterocycles. The van der Waals surface area contributed by atoms with E-state index in [2.05, 4.69) is 21.5 Å². The second-order valence-electron chi connectivity index (χ2n) is 7.05. The van der Waals surface area contributed by atoms with Crippen molar-refractivity contribution in [2.75, 3.05) is 11.5 Å². The summed E-state index contributed by atoms with van der Waals surface area (Å²) in [4.78, 5) is 8.32. The molecule has 0 amide bonds. The van der Waals surface area contributed by atoms with Gasteiger partial charge in [0.25, 0.3) is 0 Å². The van der Waals surface area contributed by atoms with Gasteiger partial charge in [-0.1, -0.05) is 6.92 Å². The molecule has 0 aliphatic rings. The van der Waals surface area contributed by atoms with Crippen LogP contribution in [0.4, 0.5) is 14.6 Å². The molecule has 0 unspecified atom stereocenters. The number of hydrogen-bond acceptors (Lipinski definition) is 5. The molecule has 3 rings (SSSR count). The lowest BCUT2D eigenvalue weighted by atomic mass is 10.2. The average molecular weight is 423 g/mol. The summed E-state index contributed by atoms with van der Waals surface area (Å²) in [5.74, 6) is -0.821. The van der Waals surface area contributed by atoms with Crippen molar-refractivity contribution in [3.05, 3.63) is 47.4 Å². The molecule has 2 N–H and O–H groups in total. The monoisotopic (exact) mass is 422 g/mol. The van der Waals surface area contributed by atoms with Gasteiger partial charge in [-0.15, -0.1) is 0 Å². The number of nitrogens with zero attached hydrogens (tertiary/aromatic N) is 3. The normalized spacial score (nSPS) is 12.0. The molecule has 0 fully saturated rings. The summed E-state index contributed by atoms with van der Waals surface area (Å²) in [6.07, 6.45) is 4.28. The molecule has 0 radical (unpaired) electrons. The van der Waals surface area contributed by atoms with Crippen molar-refractivity contribution in [1.82, 2.24) is 14.5 Å². The van der Waals surface area contributed by atoms with Crippen LogP contribution in [0, 0.1) is 18.6 Å². The maximum absolute atomic E-state index is 13.8. The third kappa shape index (κ3) is 4.39. The Balaban J connectivity index is 1.76. The number of anilines is 1. The Hall–Kier alpha value is -2.55. The Morgan fingerprint density at radius 1 is 1.21 bits per heavy atom. The van der Waals surface area contributed by atoms with Crippen LogP contribution in [0.5, 0.6) is 0 Å². The van der Waals surface area contributed by atoms with Gasteiger partial charge in [0, 0.05) is 25.2 Å². The number of fused-ring (bicyclic) bond motifs is 1. The van der Waals surface area contributed by atoms with Crippen LogP contribution in [0.25, 0.3) is 11.0 Å². The molecule has 0 spiro atoms. The van der Waals surface area contributed by atoms with Gasteiger partial charge in [-0.2, -0.15) is 0 Å². The first-order chi connectivity index (χ1) is 13.7. The fraction of sp³-hybridized carbons (Fsp3) is 0.400. The second-order valence-corrected chi connectivity index (χ2v) is 9.13. The predicted octanol–water partition coefficient (Wildman–Crippen LogP) is 3.81. The molecule has 0 aliphatic carbocycles. The number of benzene rings is 1. The van der Waals surface area contributed by atoms with E-state index in [-0.39, 0.29) is 5.75 Å². The van der Waals surface area contributed by atoms with Crippen LogP contribution in [0.1, 0.15) is 37.6 Å². The maximum Gasteiger partial charge on any atom is 0.181 e. The Labute approximate surface area is 168 Å². The number of pyridine rings is 1. The number of rotatable bonds is 8. The molecule has 0 atom stereocenters. The van der Waals surface area contributed by atoms with Crippen LogP contribution in [-0.4, -0.2) is 28.7 Å². The Bertz CT molecular complexity index is 1140. The van der Waals surface area contributed by atoms with E-state index < -0.39 is 26.4 Å². The molecule has 9 heteroatoms. The lowest BCUT2D eigenvalue weighted by Crippen LogP contribution is -2.11. The summed E-state index contributed by atoms with van der Waals surface area (Å²) >= 11 is 0. The standard InChI is InChI=1S/C20H24F2N4O2S/c1-3-6-17-25-18-19(13(2)12-24-20(18)23)26(17)9-4-5-10-29(27,28)16-8-7-14(21)11-15(16)22/h7-8,11-12H,3-6,9-10H2,1-2H3,(H2,23,24). The summed E-state index contributed by atoms with van der Waals surface area (Å²) < 4.78 is 53.7. The number of hydrogen-bond donors (Lipinski definition) is 1. The van der Waals surface area contributed by atoms with Gasteiger partial charge >= 0.3 is 0 Å². The number of halogens is 2. The van der Waals surface area contributed by atoms with E-state index in [1.165, 1.54) is 0 Å². The average Bonchev–Trinajstić information content (AvgIpc) is 3.01. The highest BCUT2D eigenvalue weighted by Gasteiger charge is 2.20. The van der Waals surface area contributed by atoms with Gasteiger partial charge in [0.1, 0.15) is 27.9 Å². The Morgan fingerprint density at radius 2 is 1.97 bits per heavy atom. The largest absolute Gasteiger partial charge is 0.382 e. The zero-order valence-corrected chi connectivity index (χ0v) is 17.3. The minimum atomic E-state index is -3.82. The minimum Gasteiger partial charge on any atom is -0.382 e. The van der Waals surface area contributed by atoms with Crippen molar-refractivity contribution in [2.45, 2.75) is 51.0 Å². The van der Waals surface area contributed by atoms with Crippen LogP contribution in [0.15, 0.2) is 29.3 Å². The molecular weight excluding hydrogens is 398 g/mol. The van der Waals surface area contributed by atoms with Crippen molar-refractivity contribution in [3.8, 4) is 0 Å². The first-order valence-corrected chi connectivity index (χ1v) is 11.2. The van der Waals surface area contributed by atoms with Crippen molar-refractivity contribution in [1.29, 1.82) is 0 Å². The second kappa shape index (κ2) is 8.44. The number of nitrogens with two attached hydrogens (primary N) is 1. The van der Waals surface area contributed by atoms with Crippen LogP contribution in [0.2, 0.25) is 0 Å². The minimum absolute atomic E-state index is 0.214. The molecule has 0 aliphatic heterocycles. The molecular formula is C20H24F2N4O2S. The summed E-state index contributed by atoms with van der Waals surface area (Å²) in [6, 6.07) is 2.51. The molecule has 2 aromatic heterocycles. The molecule has 1 aromatic carbocycles. The highest BCUT2D eigenvalue weighted by atomic mass is 32.2. The fourth-order valence-corrected chi connectivity index (χ4v) is 4.86. The molecule has 3 aromatic rings. The van der Waals surface area contributed by atoms with Crippen LogP contribution >= 0.6 is 0 Å². The molecule has 29 heavy (non-hydrogen) atoms. The smallest absolute Gasteiger partial charge is 0.181 e. The van der Waals surface area contributed by atoms with E-state index in [4.69, 9.17) is 5.73 Å². The van der Waals surface area contributed by atoms with Crippen LogP contribution in [-0.2, 0) is 22.8 Å². The number of sulfone groups is 1. The van der Waals surface area contributed by atoms with E-state index >= 15 is 0 Å². The summed E-state index contributed by atoms with van der Waals surface area (Å²) in [7, 11) is -3.82. The van der Waals surface area contributed by atoms with E-state index in [1.807, 2.05) is 6.92 Å². The van der Waals surface area contributed by atoms with Gasteiger partial charge in [0.2, 0.25) is 0 Å². The van der Waals surface area contributed by atoms with Crippen molar-refractivity contribution in [2.24, 2.45) is 0 Å². The molecule has 6 nitrogen and oxygen atoms in total. The van der Waals surface area contributed by atoms with E-state index in [0.29, 0.717) is 36.8 Å². The highest BCUT2D eigenvalue weighted by Crippen LogP contribution is 2.25. The molecule has 0 saturated carbocycles. The first-order valence-electron chi connectivity index (χ1n) is 9.52. The van der Waals surface area contributed by atoms with Gasteiger partial charge in [0.05, 0.1) is 11.3 Å². The predicted molar refractivity (Wildman–Crippen MR) is 108 cm³/mol. The molecule has 156 valence electrons. The van der Waals surface area contributed by atoms with Gasteiger partial charge in [-0.3, -0.25) is 0 Å². The maximum atomic E-state index is 13.8. The Kier molecular flexibility index (Phi) is 6.16. The van der Waals surface area contributed by atoms with E-state index in [9.17, 15) is 17.2 Å². The lowest BCUT2D eigenvalue weighted by molar-refractivity contribution is 0.545. The number of unbranched alkanes of at least 4 members (excludes halogenated alkanes) is 1. The van der Waals surface area contributed by atoms with E-state index in [0.717, 1.165) is 41.9 Å². The fourth-order valence-electron chi connectivity index (χ4n) is 3.42. The molecule has 0 saturated heterocycles. The summed E-state index contributed by atoms with van der Waals surface area (Å²) in [5, 5.41) is 0. The van der Waals surface area contributed by atoms with Crippen LogP contribution in [0.3, 0.4) is 0 Å². The number of nitrogen functional groups attached to an aromatic ring is 1. The highest BCUT2D eigenvalue weighted by molar-refractivity contribution is 7.91. The summed E-state index contributed by atoms with van der Waals surface area (Å²) in [6.45, 7) is 4.56. The Morgan fingerprint density at radius 3 is 2.66 bits per heavy atom. The van der Waals surface area contributed by atoms with Crippen molar-refractivity contribution >= 4 is 26.7 Å². The summed E-state index contributed by atoms with van der Waals surface area (Å²) in [5.41, 5.74) is 8.50. The molecule has 0 bridgehead atoms. The van der Waals surface area contributed by atoms with E-state index in [1.54, 1.807) is 6.20 Å². The van der Waals surface area contributed by atoms with Gasteiger partial charge in [-0.05, 0) is 43.9 Å². The van der Waals surface area contributed by atoms with Crippen molar-refractivity contribution in [3.63, 3.8) is 0 Å². The lowest BCUT2D eigenvalue weighted by Gasteiger charge is -2.11. The van der Waals surface area contributed by atoms with Gasteiger partial charge < -0.3 is 10.3 Å². The van der Waals surface area contributed by atoms with Gasteiger partial charge in [0.15, 0.2) is 15.7 Å². The quantitative estimate of drug-likeness (QED) is 0.440. The van der Waals surface area contributed by atoms with Gasteiger partial charge in [-0.25, -0.2) is 27.2 Å². The third-order valence-corrected chi connectivity index (χ3v) is 6.63. The zero-order chi connectivity index (χ0) is 21.2. The zero-order valence-electron chi connectivity index (χ0n) is 16.5. The first kappa shape index (κ1) is 21.2. The third-order valence-electron chi connectivity index (χ3n) is 4.81. The topological polar surface area (TPSA) is 90.9 Å². The van der Waals surface area contributed by atoms with Crippen LogP contribution < -0.4 is 5.73 Å². The number of imidazole rings is 1. The SMILES string of the molecule is CCCc1nc2c(N)ncc(C)c2n1CCCCS(=O)(=O)c1ccc(F)cc1F. The number of aromatic nitrogens is 3. The van der Waals surface area contributed by atoms with Crippen molar-refractivity contribution < 1.29 is 17.2 Å².